The molecule has 0 bridgehead atoms. The Labute approximate surface area is 82.4 Å². The Morgan fingerprint density at radius 2 is 2.38 bits per heavy atom. The van der Waals surface area contributed by atoms with Crippen molar-refractivity contribution < 1.29 is 5.11 Å². The highest BCUT2D eigenvalue weighted by atomic mass is 32.2. The molecule has 0 aromatic carbocycles. The largest absolute Gasteiger partial charge is 0.392 e. The molecule has 0 amide bonds. The van der Waals surface area contributed by atoms with E-state index in [1.807, 2.05) is 30.9 Å². The van der Waals surface area contributed by atoms with Gasteiger partial charge in [0.2, 0.25) is 0 Å². The van der Waals surface area contributed by atoms with Gasteiger partial charge in [-0.2, -0.15) is 11.8 Å². The first kappa shape index (κ1) is 9.03. The zero-order valence-electron chi connectivity index (χ0n) is 7.66. The zero-order chi connectivity index (χ0) is 9.26. The molecule has 70 valence electrons. The van der Waals surface area contributed by atoms with E-state index in [1.165, 1.54) is 0 Å². The molecular formula is C10H13NOS. The molecule has 1 aliphatic heterocycles. The number of nitrogens with zero attached hydrogens (tertiary/aromatic N) is 1. The molecule has 2 nitrogen and oxygen atoms in total. The Hall–Kier alpha value is -0.540. The van der Waals surface area contributed by atoms with Crippen LogP contribution in [0.1, 0.15) is 22.7 Å². The van der Waals surface area contributed by atoms with Crippen molar-refractivity contribution in [3.63, 3.8) is 0 Å². The van der Waals surface area contributed by atoms with Crippen LogP contribution < -0.4 is 0 Å². The van der Waals surface area contributed by atoms with Crippen LogP contribution >= 0.6 is 11.8 Å². The SMILES string of the molecule is Cc1ccnc(C2CSC2)c1CO. The third-order valence-electron chi connectivity index (χ3n) is 2.51. The number of aliphatic hydroxyl groups is 1. The topological polar surface area (TPSA) is 33.1 Å². The first-order chi connectivity index (χ1) is 6.33. The van der Waals surface area contributed by atoms with Crippen LogP contribution in [0.2, 0.25) is 0 Å². The molecule has 1 saturated heterocycles. The van der Waals surface area contributed by atoms with E-state index < -0.39 is 0 Å². The Morgan fingerprint density at radius 3 is 2.92 bits per heavy atom. The van der Waals surface area contributed by atoms with Crippen LogP contribution in [0.4, 0.5) is 0 Å². The lowest BCUT2D eigenvalue weighted by atomic mass is 10.00. The second-order valence-electron chi connectivity index (χ2n) is 3.38. The van der Waals surface area contributed by atoms with Crippen LogP contribution in [-0.2, 0) is 6.61 Å². The van der Waals surface area contributed by atoms with Crippen molar-refractivity contribution in [3.05, 3.63) is 29.1 Å². The van der Waals surface area contributed by atoms with E-state index >= 15 is 0 Å². The summed E-state index contributed by atoms with van der Waals surface area (Å²) in [5, 5.41) is 9.22. The van der Waals surface area contributed by atoms with Crippen LogP contribution in [0.25, 0.3) is 0 Å². The van der Waals surface area contributed by atoms with E-state index in [9.17, 15) is 5.11 Å². The number of pyridine rings is 1. The number of hydrogen-bond donors (Lipinski definition) is 1. The number of aryl methyl sites for hydroxylation is 1. The number of hydrogen-bond acceptors (Lipinski definition) is 3. The van der Waals surface area contributed by atoms with Crippen molar-refractivity contribution in [3.8, 4) is 0 Å². The van der Waals surface area contributed by atoms with Gasteiger partial charge in [0.1, 0.15) is 0 Å². The monoisotopic (exact) mass is 195 g/mol. The minimum absolute atomic E-state index is 0.121. The number of aromatic nitrogens is 1. The van der Waals surface area contributed by atoms with Crippen molar-refractivity contribution in [2.45, 2.75) is 19.4 Å². The second kappa shape index (κ2) is 3.68. The molecule has 3 heteroatoms. The molecule has 1 N–H and O–H groups in total. The maximum Gasteiger partial charge on any atom is 0.0702 e. The fraction of sp³-hybridized carbons (Fsp3) is 0.500. The Kier molecular flexibility index (Phi) is 2.56. The van der Waals surface area contributed by atoms with E-state index in [2.05, 4.69) is 4.98 Å². The molecule has 1 aromatic rings. The Morgan fingerprint density at radius 1 is 1.62 bits per heavy atom. The van der Waals surface area contributed by atoms with Crippen LogP contribution in [-0.4, -0.2) is 21.6 Å². The maximum absolute atomic E-state index is 9.22. The Bertz CT molecular complexity index is 310. The minimum Gasteiger partial charge on any atom is -0.392 e. The van der Waals surface area contributed by atoms with Gasteiger partial charge in [0.15, 0.2) is 0 Å². The van der Waals surface area contributed by atoms with E-state index in [1.54, 1.807) is 0 Å². The number of aliphatic hydroxyl groups excluding tert-OH is 1. The predicted molar refractivity (Wildman–Crippen MR) is 55.0 cm³/mol. The molecule has 2 rings (SSSR count). The van der Waals surface area contributed by atoms with Crippen molar-refractivity contribution in [1.82, 2.24) is 4.98 Å². The van der Waals surface area contributed by atoms with E-state index in [4.69, 9.17) is 0 Å². The molecule has 0 atom stereocenters. The summed E-state index contributed by atoms with van der Waals surface area (Å²) in [5.41, 5.74) is 3.30. The lowest BCUT2D eigenvalue weighted by molar-refractivity contribution is 0.278. The standard InChI is InChI=1S/C10H13NOS/c1-7-2-3-11-10(9(7)4-12)8-5-13-6-8/h2-3,8,12H,4-6H2,1H3. The zero-order valence-corrected chi connectivity index (χ0v) is 8.47. The van der Waals surface area contributed by atoms with Gasteiger partial charge < -0.3 is 5.11 Å². The van der Waals surface area contributed by atoms with Crippen LogP contribution in [0.3, 0.4) is 0 Å². The summed E-state index contributed by atoms with van der Waals surface area (Å²) >= 11 is 1.94. The van der Waals surface area contributed by atoms with Gasteiger partial charge in [-0.3, -0.25) is 4.98 Å². The highest BCUT2D eigenvalue weighted by Crippen LogP contribution is 2.35. The first-order valence-corrected chi connectivity index (χ1v) is 5.61. The van der Waals surface area contributed by atoms with Gasteiger partial charge in [-0.15, -0.1) is 0 Å². The van der Waals surface area contributed by atoms with E-state index in [0.717, 1.165) is 28.3 Å². The fourth-order valence-electron chi connectivity index (χ4n) is 1.56. The van der Waals surface area contributed by atoms with Crippen LogP contribution in [0.15, 0.2) is 12.3 Å². The molecule has 1 aliphatic rings. The first-order valence-electron chi connectivity index (χ1n) is 4.46. The average Bonchev–Trinajstić information content (AvgIpc) is 2.01. The van der Waals surface area contributed by atoms with Gasteiger partial charge in [-0.05, 0) is 18.6 Å². The molecule has 13 heavy (non-hydrogen) atoms. The summed E-state index contributed by atoms with van der Waals surface area (Å²) in [4.78, 5) is 4.36. The second-order valence-corrected chi connectivity index (χ2v) is 4.46. The van der Waals surface area contributed by atoms with Gasteiger partial charge in [-0.25, -0.2) is 0 Å². The minimum atomic E-state index is 0.121. The third kappa shape index (κ3) is 1.58. The summed E-state index contributed by atoms with van der Waals surface area (Å²) in [6, 6.07) is 1.96. The fourth-order valence-corrected chi connectivity index (χ4v) is 2.35. The maximum atomic E-state index is 9.22. The normalized spacial score (nSPS) is 17.1. The van der Waals surface area contributed by atoms with E-state index in [0.29, 0.717) is 5.92 Å². The van der Waals surface area contributed by atoms with Gasteiger partial charge in [0, 0.05) is 29.2 Å². The quantitative estimate of drug-likeness (QED) is 0.780. The summed E-state index contributed by atoms with van der Waals surface area (Å²) in [7, 11) is 0. The smallest absolute Gasteiger partial charge is 0.0702 e. The van der Waals surface area contributed by atoms with Gasteiger partial charge in [0.25, 0.3) is 0 Å². The molecule has 0 saturated carbocycles. The van der Waals surface area contributed by atoms with Crippen LogP contribution in [0.5, 0.6) is 0 Å². The lowest BCUT2D eigenvalue weighted by Gasteiger charge is -2.26. The molecule has 0 radical (unpaired) electrons. The molecular weight excluding hydrogens is 182 g/mol. The van der Waals surface area contributed by atoms with Crippen LogP contribution in [0, 0.1) is 6.92 Å². The number of thioether (sulfide) groups is 1. The number of rotatable bonds is 2. The summed E-state index contributed by atoms with van der Waals surface area (Å²) < 4.78 is 0. The van der Waals surface area contributed by atoms with Crippen molar-refractivity contribution in [2.75, 3.05) is 11.5 Å². The summed E-state index contributed by atoms with van der Waals surface area (Å²) in [5.74, 6) is 2.89. The van der Waals surface area contributed by atoms with Crippen molar-refractivity contribution >= 4 is 11.8 Å². The summed E-state index contributed by atoms with van der Waals surface area (Å²) in [6.07, 6.45) is 1.84. The molecule has 0 spiro atoms. The molecule has 1 aromatic heterocycles. The lowest BCUT2D eigenvalue weighted by Crippen LogP contribution is -2.19. The predicted octanol–water partition coefficient (Wildman–Crippen LogP) is 1.71. The average molecular weight is 195 g/mol. The highest BCUT2D eigenvalue weighted by Gasteiger charge is 2.24. The van der Waals surface area contributed by atoms with Crippen molar-refractivity contribution in [1.29, 1.82) is 0 Å². The van der Waals surface area contributed by atoms with E-state index in [-0.39, 0.29) is 6.61 Å². The molecule has 0 aliphatic carbocycles. The van der Waals surface area contributed by atoms with Gasteiger partial charge in [0.05, 0.1) is 12.3 Å². The molecule has 1 fully saturated rings. The molecule has 0 unspecified atom stereocenters. The van der Waals surface area contributed by atoms with Crippen molar-refractivity contribution in [2.24, 2.45) is 0 Å². The Balaban J connectivity index is 2.37. The molecule has 2 heterocycles. The van der Waals surface area contributed by atoms with Gasteiger partial charge in [-0.1, -0.05) is 0 Å². The van der Waals surface area contributed by atoms with Gasteiger partial charge >= 0.3 is 0 Å². The highest BCUT2D eigenvalue weighted by molar-refractivity contribution is 8.00. The summed E-state index contributed by atoms with van der Waals surface area (Å²) in [6.45, 7) is 2.15. The third-order valence-corrected chi connectivity index (χ3v) is 3.78.